The third-order valence-electron chi connectivity index (χ3n) is 4.35. The number of carbonyl (C=O) groups is 2. The van der Waals surface area contributed by atoms with Gasteiger partial charge in [-0.15, -0.1) is 0 Å². The van der Waals surface area contributed by atoms with Crippen LogP contribution in [0.3, 0.4) is 0 Å². The molecule has 0 aliphatic carbocycles. The number of nitrogens with one attached hydrogen (secondary N) is 1. The van der Waals surface area contributed by atoms with Gasteiger partial charge in [-0.2, -0.15) is 0 Å². The van der Waals surface area contributed by atoms with E-state index in [1.165, 1.54) is 0 Å². The minimum atomic E-state index is -0.145. The largest absolute Gasteiger partial charge is 0.353 e. The number of hydrogen-bond acceptors (Lipinski definition) is 2. The summed E-state index contributed by atoms with van der Waals surface area (Å²) in [6.45, 7) is 13.0. The maximum absolute atomic E-state index is 13.0. The van der Waals surface area contributed by atoms with Gasteiger partial charge in [-0.05, 0) is 30.4 Å². The molecule has 154 valence electrons. The molecule has 0 saturated heterocycles. The second kappa shape index (κ2) is 11.7. The van der Waals surface area contributed by atoms with E-state index in [0.29, 0.717) is 38.0 Å². The monoisotopic (exact) mass is 378 g/mol. The van der Waals surface area contributed by atoms with Crippen molar-refractivity contribution < 1.29 is 9.59 Å². The average Bonchev–Trinajstić information content (AvgIpc) is 2.97. The van der Waals surface area contributed by atoms with Crippen LogP contribution < -0.4 is 5.32 Å². The molecule has 0 fully saturated rings. The van der Waals surface area contributed by atoms with E-state index in [9.17, 15) is 9.59 Å². The number of nitrogens with zero attached hydrogens (tertiary/aromatic N) is 3. The van der Waals surface area contributed by atoms with Crippen LogP contribution in [0.25, 0.3) is 0 Å². The van der Waals surface area contributed by atoms with Gasteiger partial charge in [0, 0.05) is 38.6 Å². The van der Waals surface area contributed by atoms with Gasteiger partial charge in [0.2, 0.25) is 5.91 Å². The molecule has 6 heteroatoms. The Hall–Kier alpha value is -1.98. The fraction of sp³-hybridized carbons (Fsp3) is 0.714. The first-order valence-electron chi connectivity index (χ1n) is 10.1. The Morgan fingerprint density at radius 3 is 2.26 bits per heavy atom. The molecule has 0 aromatic carbocycles. The molecule has 0 aliphatic heterocycles. The Morgan fingerprint density at radius 1 is 1.11 bits per heavy atom. The molecule has 6 nitrogen and oxygen atoms in total. The molecular weight excluding hydrogens is 340 g/mol. The summed E-state index contributed by atoms with van der Waals surface area (Å²) in [6.07, 6.45) is 3.96. The van der Waals surface area contributed by atoms with Crippen molar-refractivity contribution in [1.29, 1.82) is 0 Å². The maximum Gasteiger partial charge on any atom is 0.317 e. The minimum Gasteiger partial charge on any atom is -0.353 e. The average molecular weight is 379 g/mol. The summed E-state index contributed by atoms with van der Waals surface area (Å²) < 4.78 is 2.03. The van der Waals surface area contributed by atoms with Crippen LogP contribution in [0.2, 0.25) is 0 Å². The molecule has 1 aromatic rings. The number of aryl methyl sites for hydroxylation is 1. The van der Waals surface area contributed by atoms with Gasteiger partial charge in [0.25, 0.3) is 0 Å². The third kappa shape index (κ3) is 8.50. The van der Waals surface area contributed by atoms with Gasteiger partial charge < -0.3 is 19.7 Å². The van der Waals surface area contributed by atoms with Crippen molar-refractivity contribution in [2.75, 3.05) is 26.2 Å². The number of amides is 3. The molecule has 1 rings (SSSR count). The first kappa shape index (κ1) is 23.1. The van der Waals surface area contributed by atoms with Crippen LogP contribution >= 0.6 is 0 Å². The SMILES string of the molecule is CCCCNC(=O)N(CC(=O)N(Cc1cccn1C)CC(C)C)CC(C)C. The first-order chi connectivity index (χ1) is 12.7. The van der Waals surface area contributed by atoms with Crippen LogP contribution in [0.15, 0.2) is 18.3 Å². The Labute approximate surface area is 164 Å². The lowest BCUT2D eigenvalue weighted by atomic mass is 10.2. The highest BCUT2D eigenvalue weighted by Gasteiger charge is 2.23. The quantitative estimate of drug-likeness (QED) is 0.599. The second-order valence-corrected chi connectivity index (χ2v) is 8.14. The zero-order chi connectivity index (χ0) is 20.4. The summed E-state index contributed by atoms with van der Waals surface area (Å²) >= 11 is 0. The minimum absolute atomic E-state index is 0.00353. The van der Waals surface area contributed by atoms with Crippen molar-refractivity contribution in [1.82, 2.24) is 19.7 Å². The van der Waals surface area contributed by atoms with E-state index in [0.717, 1.165) is 18.5 Å². The van der Waals surface area contributed by atoms with Crippen LogP contribution in [-0.2, 0) is 18.4 Å². The lowest BCUT2D eigenvalue weighted by Crippen LogP contribution is -2.48. The Bertz CT molecular complexity index is 580. The lowest BCUT2D eigenvalue weighted by Gasteiger charge is -2.30. The van der Waals surface area contributed by atoms with Crippen molar-refractivity contribution >= 4 is 11.9 Å². The first-order valence-corrected chi connectivity index (χ1v) is 10.1. The van der Waals surface area contributed by atoms with Crippen LogP contribution in [0.4, 0.5) is 4.79 Å². The molecule has 1 aromatic heterocycles. The number of hydrogen-bond donors (Lipinski definition) is 1. The molecular formula is C21H38N4O2. The zero-order valence-electron chi connectivity index (χ0n) is 18.0. The highest BCUT2D eigenvalue weighted by molar-refractivity contribution is 5.84. The molecule has 27 heavy (non-hydrogen) atoms. The number of carbonyl (C=O) groups excluding carboxylic acids is 2. The normalized spacial score (nSPS) is 11.1. The van der Waals surface area contributed by atoms with E-state index in [1.807, 2.05) is 34.8 Å². The van der Waals surface area contributed by atoms with Crippen LogP contribution in [0.1, 0.15) is 53.2 Å². The third-order valence-corrected chi connectivity index (χ3v) is 4.35. The number of unbranched alkanes of at least 4 members (excludes halogenated alkanes) is 1. The maximum atomic E-state index is 13.0. The molecule has 0 saturated carbocycles. The molecule has 0 aliphatic rings. The number of aromatic nitrogens is 1. The van der Waals surface area contributed by atoms with Crippen molar-refractivity contribution in [3.8, 4) is 0 Å². The van der Waals surface area contributed by atoms with Gasteiger partial charge in [0.05, 0.1) is 6.54 Å². The second-order valence-electron chi connectivity index (χ2n) is 8.14. The predicted molar refractivity (Wildman–Crippen MR) is 110 cm³/mol. The summed E-state index contributed by atoms with van der Waals surface area (Å²) in [5, 5.41) is 2.94. The van der Waals surface area contributed by atoms with Gasteiger partial charge in [-0.3, -0.25) is 4.79 Å². The van der Waals surface area contributed by atoms with Gasteiger partial charge >= 0.3 is 6.03 Å². The highest BCUT2D eigenvalue weighted by Crippen LogP contribution is 2.10. The smallest absolute Gasteiger partial charge is 0.317 e. The fourth-order valence-electron chi connectivity index (χ4n) is 2.96. The van der Waals surface area contributed by atoms with E-state index >= 15 is 0 Å². The summed E-state index contributed by atoms with van der Waals surface area (Å²) in [4.78, 5) is 29.1. The summed E-state index contributed by atoms with van der Waals surface area (Å²) in [5.41, 5.74) is 1.09. The van der Waals surface area contributed by atoms with E-state index in [2.05, 4.69) is 39.9 Å². The van der Waals surface area contributed by atoms with Gasteiger partial charge in [0.1, 0.15) is 6.54 Å². The molecule has 0 spiro atoms. The predicted octanol–water partition coefficient (Wildman–Crippen LogP) is 3.48. The van der Waals surface area contributed by atoms with Crippen molar-refractivity contribution in [3.05, 3.63) is 24.0 Å². The fourth-order valence-corrected chi connectivity index (χ4v) is 2.96. The number of rotatable bonds is 11. The van der Waals surface area contributed by atoms with E-state index in [4.69, 9.17) is 0 Å². The lowest BCUT2D eigenvalue weighted by molar-refractivity contribution is -0.133. The number of urea groups is 1. The van der Waals surface area contributed by atoms with Gasteiger partial charge in [-0.1, -0.05) is 41.0 Å². The van der Waals surface area contributed by atoms with Crippen molar-refractivity contribution in [3.63, 3.8) is 0 Å². The molecule has 0 atom stereocenters. The van der Waals surface area contributed by atoms with Crippen molar-refractivity contribution in [2.45, 2.75) is 54.0 Å². The Morgan fingerprint density at radius 2 is 1.74 bits per heavy atom. The standard InChI is InChI=1S/C21H38N4O2/c1-7-8-11-22-21(27)25(14-18(4)5)16-20(26)24(13-17(2)3)15-19-10-9-12-23(19)6/h9-10,12,17-18H,7-8,11,13-16H2,1-6H3,(H,22,27). The summed E-state index contributed by atoms with van der Waals surface area (Å²) in [7, 11) is 1.99. The van der Waals surface area contributed by atoms with Gasteiger partial charge in [-0.25, -0.2) is 4.79 Å². The van der Waals surface area contributed by atoms with Crippen LogP contribution in [0, 0.1) is 11.8 Å². The topological polar surface area (TPSA) is 57.6 Å². The van der Waals surface area contributed by atoms with Crippen molar-refractivity contribution in [2.24, 2.45) is 18.9 Å². The van der Waals surface area contributed by atoms with Crippen LogP contribution in [0.5, 0.6) is 0 Å². The highest BCUT2D eigenvalue weighted by atomic mass is 16.2. The Kier molecular flexibility index (Phi) is 9.97. The van der Waals surface area contributed by atoms with E-state index in [1.54, 1.807) is 4.90 Å². The molecule has 0 radical (unpaired) electrons. The summed E-state index contributed by atoms with van der Waals surface area (Å²) in [5.74, 6) is 0.670. The zero-order valence-corrected chi connectivity index (χ0v) is 18.0. The summed E-state index contributed by atoms with van der Waals surface area (Å²) in [6, 6.07) is 3.87. The molecule has 1 heterocycles. The van der Waals surface area contributed by atoms with Gasteiger partial charge in [0.15, 0.2) is 0 Å². The molecule has 0 bridgehead atoms. The molecule has 1 N–H and O–H groups in total. The molecule has 0 unspecified atom stereocenters. The Balaban J connectivity index is 2.82. The molecule has 3 amide bonds. The van der Waals surface area contributed by atoms with Crippen LogP contribution in [-0.4, -0.2) is 52.5 Å². The van der Waals surface area contributed by atoms with E-state index < -0.39 is 0 Å². The van der Waals surface area contributed by atoms with E-state index in [-0.39, 0.29) is 18.5 Å².